The van der Waals surface area contributed by atoms with Gasteiger partial charge in [-0.2, -0.15) is 5.10 Å². The van der Waals surface area contributed by atoms with Crippen molar-refractivity contribution in [1.29, 1.82) is 0 Å². The van der Waals surface area contributed by atoms with Gasteiger partial charge in [0.1, 0.15) is 11.5 Å². The Kier molecular flexibility index (Phi) is 5.72. The van der Waals surface area contributed by atoms with Gasteiger partial charge in [-0.3, -0.25) is 14.5 Å². The molecule has 3 aromatic heterocycles. The molecule has 6 rings (SSSR count). The number of hydrogen-bond donors (Lipinski definition) is 2. The SMILES string of the molecule is CC(C)C(=O)Nc1cncc(-c2ccc3c(c2)c(-c2nc4c(-c5ccccc5F)cccc4[nH]2)nn3C)c1. The van der Waals surface area contributed by atoms with Crippen LogP contribution in [0, 0.1) is 11.7 Å². The minimum atomic E-state index is -0.294. The largest absolute Gasteiger partial charge is 0.337 e. The van der Waals surface area contributed by atoms with Crippen molar-refractivity contribution >= 4 is 33.5 Å². The van der Waals surface area contributed by atoms with Gasteiger partial charge in [-0.25, -0.2) is 9.37 Å². The van der Waals surface area contributed by atoms with Gasteiger partial charge in [0.2, 0.25) is 5.91 Å². The van der Waals surface area contributed by atoms with Crippen LogP contribution in [0.15, 0.2) is 79.1 Å². The first-order valence-corrected chi connectivity index (χ1v) is 12.4. The molecule has 0 spiro atoms. The van der Waals surface area contributed by atoms with Gasteiger partial charge in [0.25, 0.3) is 0 Å². The molecule has 0 bridgehead atoms. The number of para-hydroxylation sites is 1. The molecule has 3 heterocycles. The number of aromatic amines is 1. The van der Waals surface area contributed by atoms with Crippen molar-refractivity contribution in [2.24, 2.45) is 13.0 Å². The van der Waals surface area contributed by atoms with Crippen LogP contribution in [0.1, 0.15) is 13.8 Å². The summed E-state index contributed by atoms with van der Waals surface area (Å²) in [6.45, 7) is 3.70. The van der Waals surface area contributed by atoms with Gasteiger partial charge in [-0.1, -0.05) is 50.2 Å². The number of H-pyrrole nitrogens is 1. The molecule has 188 valence electrons. The van der Waals surface area contributed by atoms with Crippen molar-refractivity contribution in [3.63, 3.8) is 0 Å². The Morgan fingerprint density at radius 2 is 1.79 bits per heavy atom. The molecule has 0 fully saturated rings. The molecule has 38 heavy (non-hydrogen) atoms. The maximum atomic E-state index is 14.6. The summed E-state index contributed by atoms with van der Waals surface area (Å²) in [6, 6.07) is 20.4. The Morgan fingerprint density at radius 3 is 2.61 bits per heavy atom. The van der Waals surface area contributed by atoms with E-state index < -0.39 is 0 Å². The first-order valence-electron chi connectivity index (χ1n) is 12.4. The topological polar surface area (TPSA) is 88.5 Å². The molecule has 0 aliphatic carbocycles. The fourth-order valence-corrected chi connectivity index (χ4v) is 4.61. The molecule has 0 saturated heterocycles. The summed E-state index contributed by atoms with van der Waals surface area (Å²) in [5.41, 5.74) is 6.78. The highest BCUT2D eigenvalue weighted by Crippen LogP contribution is 2.34. The Bertz CT molecular complexity index is 1830. The van der Waals surface area contributed by atoms with Gasteiger partial charge >= 0.3 is 0 Å². The molecule has 2 N–H and O–H groups in total. The molecular weight excluding hydrogens is 479 g/mol. The summed E-state index contributed by atoms with van der Waals surface area (Å²) in [6.07, 6.45) is 3.41. The quantitative estimate of drug-likeness (QED) is 0.278. The highest BCUT2D eigenvalue weighted by Gasteiger charge is 2.18. The second-order valence-electron chi connectivity index (χ2n) is 9.58. The molecule has 3 aromatic carbocycles. The van der Waals surface area contributed by atoms with Crippen molar-refractivity contribution < 1.29 is 9.18 Å². The number of anilines is 1. The molecule has 0 radical (unpaired) electrons. The lowest BCUT2D eigenvalue weighted by atomic mass is 10.0. The van der Waals surface area contributed by atoms with Crippen molar-refractivity contribution in [2.75, 3.05) is 5.32 Å². The second-order valence-corrected chi connectivity index (χ2v) is 9.58. The van der Waals surface area contributed by atoms with Gasteiger partial charge in [-0.15, -0.1) is 0 Å². The Morgan fingerprint density at radius 1 is 0.974 bits per heavy atom. The predicted octanol–water partition coefficient (Wildman–Crippen LogP) is 6.58. The summed E-state index contributed by atoms with van der Waals surface area (Å²) < 4.78 is 16.4. The minimum absolute atomic E-state index is 0.0615. The van der Waals surface area contributed by atoms with Gasteiger partial charge in [0.15, 0.2) is 5.82 Å². The number of halogens is 1. The first kappa shape index (κ1) is 23.5. The van der Waals surface area contributed by atoms with Crippen LogP contribution < -0.4 is 5.32 Å². The molecule has 0 aliphatic heterocycles. The fourth-order valence-electron chi connectivity index (χ4n) is 4.61. The number of nitrogens with one attached hydrogen (secondary N) is 2. The van der Waals surface area contributed by atoms with Crippen LogP contribution in [0.4, 0.5) is 10.1 Å². The number of nitrogens with zero attached hydrogens (tertiary/aromatic N) is 4. The molecule has 7 nitrogen and oxygen atoms in total. The second kappa shape index (κ2) is 9.23. The van der Waals surface area contributed by atoms with Crippen LogP contribution in [0.25, 0.3) is 55.7 Å². The third-order valence-electron chi connectivity index (χ3n) is 6.61. The number of carbonyl (C=O) groups is 1. The van der Waals surface area contributed by atoms with Crippen LogP contribution in [0.2, 0.25) is 0 Å². The maximum Gasteiger partial charge on any atom is 0.226 e. The standard InChI is InChI=1S/C30H25FN6O/c1-17(2)30(38)33-20-13-19(15-32-16-20)18-11-12-26-23(14-18)28(36-37(26)3)29-34-25-10-6-8-22(27(25)35-29)21-7-4-5-9-24(21)31/h4-17H,1-3H3,(H,33,38)(H,34,35). The lowest BCUT2D eigenvalue weighted by Crippen LogP contribution is -2.17. The summed E-state index contributed by atoms with van der Waals surface area (Å²) in [7, 11) is 1.89. The number of pyridine rings is 1. The third-order valence-corrected chi connectivity index (χ3v) is 6.61. The van der Waals surface area contributed by atoms with E-state index in [2.05, 4.69) is 15.3 Å². The number of carbonyl (C=O) groups excluding carboxylic acids is 1. The number of aryl methyl sites for hydroxylation is 1. The third kappa shape index (κ3) is 4.10. The van der Waals surface area contributed by atoms with E-state index in [1.165, 1.54) is 6.07 Å². The van der Waals surface area contributed by atoms with E-state index in [4.69, 9.17) is 10.1 Å². The number of rotatable bonds is 5. The zero-order valence-electron chi connectivity index (χ0n) is 21.2. The van der Waals surface area contributed by atoms with E-state index in [0.717, 1.165) is 33.1 Å². The monoisotopic (exact) mass is 504 g/mol. The molecule has 0 atom stereocenters. The smallest absolute Gasteiger partial charge is 0.226 e. The van der Waals surface area contributed by atoms with Crippen LogP contribution in [0.3, 0.4) is 0 Å². The molecule has 8 heteroatoms. The lowest BCUT2D eigenvalue weighted by molar-refractivity contribution is -0.118. The normalized spacial score (nSPS) is 11.5. The lowest BCUT2D eigenvalue weighted by Gasteiger charge is -2.09. The molecule has 6 aromatic rings. The zero-order chi connectivity index (χ0) is 26.4. The molecule has 0 unspecified atom stereocenters. The summed E-state index contributed by atoms with van der Waals surface area (Å²) in [5, 5.41) is 8.58. The van der Waals surface area contributed by atoms with Crippen molar-refractivity contribution in [3.05, 3.63) is 84.9 Å². The zero-order valence-corrected chi connectivity index (χ0v) is 21.2. The average molecular weight is 505 g/mol. The van der Waals surface area contributed by atoms with E-state index in [1.54, 1.807) is 24.5 Å². The van der Waals surface area contributed by atoms with E-state index >= 15 is 0 Å². The number of fused-ring (bicyclic) bond motifs is 2. The van der Waals surface area contributed by atoms with Gasteiger partial charge < -0.3 is 10.3 Å². The van der Waals surface area contributed by atoms with E-state index in [9.17, 15) is 9.18 Å². The average Bonchev–Trinajstić information content (AvgIpc) is 3.50. The van der Waals surface area contributed by atoms with Crippen LogP contribution >= 0.6 is 0 Å². The minimum Gasteiger partial charge on any atom is -0.337 e. The number of imidazole rings is 1. The first-order chi connectivity index (χ1) is 18.4. The maximum absolute atomic E-state index is 14.6. The number of amides is 1. The Labute approximate surface area is 218 Å². The molecular formula is C30H25FN6O. The van der Waals surface area contributed by atoms with Crippen molar-refractivity contribution in [2.45, 2.75) is 13.8 Å². The van der Waals surface area contributed by atoms with Gasteiger partial charge in [0.05, 0.1) is 28.4 Å². The van der Waals surface area contributed by atoms with E-state index in [1.807, 2.05) is 74.1 Å². The molecule has 0 aliphatic rings. The van der Waals surface area contributed by atoms with Crippen LogP contribution in [-0.4, -0.2) is 30.6 Å². The van der Waals surface area contributed by atoms with E-state index in [0.29, 0.717) is 28.3 Å². The Balaban J connectivity index is 1.45. The highest BCUT2D eigenvalue weighted by molar-refractivity contribution is 5.99. The van der Waals surface area contributed by atoms with E-state index in [-0.39, 0.29) is 17.6 Å². The van der Waals surface area contributed by atoms with Gasteiger partial charge in [0, 0.05) is 41.2 Å². The van der Waals surface area contributed by atoms with Gasteiger partial charge in [-0.05, 0) is 35.9 Å². The number of aromatic nitrogens is 5. The van der Waals surface area contributed by atoms with Crippen LogP contribution in [-0.2, 0) is 11.8 Å². The number of hydrogen-bond acceptors (Lipinski definition) is 4. The molecule has 0 saturated carbocycles. The summed E-state index contributed by atoms with van der Waals surface area (Å²) >= 11 is 0. The fraction of sp³-hybridized carbons (Fsp3) is 0.133. The molecule has 1 amide bonds. The summed E-state index contributed by atoms with van der Waals surface area (Å²) in [4.78, 5) is 24.7. The van der Waals surface area contributed by atoms with Crippen LogP contribution in [0.5, 0.6) is 0 Å². The Hall–Kier alpha value is -4.85. The van der Waals surface area contributed by atoms with Crippen molar-refractivity contribution in [3.8, 4) is 33.8 Å². The summed E-state index contributed by atoms with van der Waals surface area (Å²) in [5.74, 6) is 0.116. The number of benzene rings is 3. The predicted molar refractivity (Wildman–Crippen MR) is 148 cm³/mol. The van der Waals surface area contributed by atoms with Crippen molar-refractivity contribution in [1.82, 2.24) is 24.7 Å². The highest BCUT2D eigenvalue weighted by atomic mass is 19.1.